The SMILES string of the molecule is CCCO.CCCO.CCCO.[F][GeH2][C]1=[C-]CC=C1.[Zr]. The molecular weight excluding hydrogens is 399 g/mol. The molecule has 0 aromatic heterocycles. The van der Waals surface area contributed by atoms with Gasteiger partial charge in [-0.3, -0.25) is 0 Å². The van der Waals surface area contributed by atoms with Crippen molar-refractivity contribution in [3.8, 4) is 0 Å². The average Bonchev–Trinajstić information content (AvgIpc) is 3.01. The molecule has 0 radical (unpaired) electrons. The fourth-order valence-corrected chi connectivity index (χ4v) is 1.58. The first-order chi connectivity index (χ1) is 9.17. The molecule has 0 atom stereocenters. The Morgan fingerprint density at radius 2 is 1.40 bits per heavy atom. The standard InChI is InChI=1S/C5H6FGe.3C3H8O.Zr/c6-7-5-3-1-2-4-5;3*1-2-3-4;/h1,3H,2,7H2;3*4H,2-3H2,1H3;/q-1;;;;. The van der Waals surface area contributed by atoms with Crippen LogP contribution in [0.5, 0.6) is 0 Å². The second-order valence-corrected chi connectivity index (χ2v) is 5.77. The fourth-order valence-electron chi connectivity index (χ4n) is 0.542. The molecule has 0 heterocycles. The van der Waals surface area contributed by atoms with Crippen molar-refractivity contribution in [3.63, 3.8) is 0 Å². The summed E-state index contributed by atoms with van der Waals surface area (Å²) in [7, 11) is 0. The molecule has 20 heavy (non-hydrogen) atoms. The summed E-state index contributed by atoms with van der Waals surface area (Å²) in [6.07, 6.45) is 10.2. The summed E-state index contributed by atoms with van der Waals surface area (Å²) in [6.45, 7) is 6.75. The first-order valence-corrected chi connectivity index (χ1v) is 9.43. The van der Waals surface area contributed by atoms with Crippen LogP contribution in [0, 0.1) is 6.08 Å². The van der Waals surface area contributed by atoms with E-state index in [0.29, 0.717) is 19.8 Å². The van der Waals surface area contributed by atoms with Gasteiger partial charge in [-0.25, -0.2) is 0 Å². The Bertz CT molecular complexity index is 187. The molecule has 6 heteroatoms. The van der Waals surface area contributed by atoms with Gasteiger partial charge < -0.3 is 15.3 Å². The summed E-state index contributed by atoms with van der Waals surface area (Å²) in [5, 5.41) is 23.6. The van der Waals surface area contributed by atoms with E-state index in [1.54, 1.807) is 0 Å². The third-order valence-electron chi connectivity index (χ3n) is 1.58. The molecule has 120 valence electrons. The second kappa shape index (κ2) is 31.9. The van der Waals surface area contributed by atoms with E-state index in [9.17, 15) is 3.50 Å². The third-order valence-corrected chi connectivity index (χ3v) is 3.20. The van der Waals surface area contributed by atoms with Crippen LogP contribution in [0.25, 0.3) is 0 Å². The second-order valence-electron chi connectivity index (χ2n) is 3.61. The summed E-state index contributed by atoms with van der Waals surface area (Å²) in [4.78, 5) is 0. The quantitative estimate of drug-likeness (QED) is 0.473. The molecule has 1 rings (SSSR count). The van der Waals surface area contributed by atoms with E-state index in [1.807, 2.05) is 32.9 Å². The Balaban J connectivity index is -0.0000000881. The van der Waals surface area contributed by atoms with Crippen LogP contribution < -0.4 is 0 Å². The van der Waals surface area contributed by atoms with Crippen molar-refractivity contribution in [2.75, 3.05) is 19.8 Å². The molecule has 0 fully saturated rings. The summed E-state index contributed by atoms with van der Waals surface area (Å²) in [5.74, 6) is 0. The monoisotopic (exact) mass is 429 g/mol. The number of hydrogen-bond acceptors (Lipinski definition) is 3. The molecular formula is C14H30FGeO3Zr-. The number of aliphatic hydroxyl groups is 3. The van der Waals surface area contributed by atoms with Gasteiger partial charge in [0.15, 0.2) is 0 Å². The van der Waals surface area contributed by atoms with Gasteiger partial charge in [-0.05, 0) is 19.3 Å². The molecule has 0 unspecified atom stereocenters. The smallest absolute Gasteiger partial charge is 0 e. The topological polar surface area (TPSA) is 60.7 Å². The van der Waals surface area contributed by atoms with Crippen molar-refractivity contribution >= 4 is 15.9 Å². The predicted octanol–water partition coefficient (Wildman–Crippen LogP) is 1.85. The van der Waals surface area contributed by atoms with Crippen LogP contribution in [0.1, 0.15) is 46.5 Å². The molecule has 0 amide bonds. The van der Waals surface area contributed by atoms with Crippen LogP contribution in [-0.2, 0) is 26.2 Å². The molecule has 0 bridgehead atoms. The Morgan fingerprint density at radius 3 is 1.50 bits per heavy atom. The molecule has 3 nitrogen and oxygen atoms in total. The normalized spacial score (nSPS) is 11.2. The van der Waals surface area contributed by atoms with E-state index in [-0.39, 0.29) is 26.2 Å². The molecule has 3 N–H and O–H groups in total. The van der Waals surface area contributed by atoms with Crippen LogP contribution in [-0.4, -0.2) is 51.0 Å². The molecule has 0 saturated carbocycles. The van der Waals surface area contributed by atoms with Crippen molar-refractivity contribution in [1.82, 2.24) is 0 Å². The molecule has 0 saturated heterocycles. The maximum Gasteiger partial charge on any atom is 0 e. The molecule has 0 aromatic carbocycles. The maximum absolute atomic E-state index is 11.7. The Hall–Kier alpha value is 0.716. The van der Waals surface area contributed by atoms with E-state index < -0.39 is 15.9 Å². The molecule has 1 aliphatic carbocycles. The van der Waals surface area contributed by atoms with Crippen LogP contribution in [0.15, 0.2) is 16.6 Å². The fraction of sp³-hybridized carbons (Fsp3) is 0.714. The van der Waals surface area contributed by atoms with Crippen LogP contribution in [0.3, 0.4) is 0 Å². The van der Waals surface area contributed by atoms with Crippen molar-refractivity contribution in [2.24, 2.45) is 0 Å². The van der Waals surface area contributed by atoms with Gasteiger partial charge in [0, 0.05) is 46.0 Å². The number of halogens is 1. The predicted molar refractivity (Wildman–Crippen MR) is 82.3 cm³/mol. The largest absolute Gasteiger partial charge is 0 e. The summed E-state index contributed by atoms with van der Waals surface area (Å²) in [6, 6.07) is 0. The summed E-state index contributed by atoms with van der Waals surface area (Å²) in [5.41, 5.74) is 0. The molecule has 0 aromatic rings. The first-order valence-electron chi connectivity index (χ1n) is 6.82. The zero-order valence-electron chi connectivity index (χ0n) is 13.0. The number of aliphatic hydroxyl groups excluding tert-OH is 3. The Kier molecular flexibility index (Phi) is 46.0. The Labute approximate surface area is 149 Å². The van der Waals surface area contributed by atoms with Gasteiger partial charge in [0.25, 0.3) is 0 Å². The van der Waals surface area contributed by atoms with Crippen LogP contribution in [0.4, 0.5) is 3.50 Å². The van der Waals surface area contributed by atoms with Crippen LogP contribution >= 0.6 is 0 Å². The zero-order valence-corrected chi connectivity index (χ0v) is 18.5. The third kappa shape index (κ3) is 36.3. The van der Waals surface area contributed by atoms with Crippen molar-refractivity contribution in [3.05, 3.63) is 22.6 Å². The Morgan fingerprint density at radius 1 is 1.05 bits per heavy atom. The molecule has 1 aliphatic rings. The molecule has 0 aliphatic heterocycles. The van der Waals surface area contributed by atoms with Gasteiger partial charge in [-0.2, -0.15) is 0 Å². The average molecular weight is 429 g/mol. The van der Waals surface area contributed by atoms with Gasteiger partial charge in [0.1, 0.15) is 0 Å². The maximum atomic E-state index is 11.7. The number of rotatable bonds is 4. The summed E-state index contributed by atoms with van der Waals surface area (Å²) < 4.78 is 12.6. The van der Waals surface area contributed by atoms with Crippen LogP contribution in [0.2, 0.25) is 0 Å². The van der Waals surface area contributed by atoms with Crippen molar-refractivity contribution in [1.29, 1.82) is 0 Å². The van der Waals surface area contributed by atoms with E-state index in [0.717, 1.165) is 30.1 Å². The molecule has 0 spiro atoms. The van der Waals surface area contributed by atoms with Gasteiger partial charge >= 0.3 is 48.5 Å². The van der Waals surface area contributed by atoms with Gasteiger partial charge in [0.05, 0.1) is 0 Å². The van der Waals surface area contributed by atoms with Gasteiger partial charge in [-0.15, -0.1) is 0 Å². The van der Waals surface area contributed by atoms with E-state index in [4.69, 9.17) is 15.3 Å². The van der Waals surface area contributed by atoms with Crippen molar-refractivity contribution in [2.45, 2.75) is 46.5 Å². The van der Waals surface area contributed by atoms with Gasteiger partial charge in [0.2, 0.25) is 0 Å². The zero-order chi connectivity index (χ0) is 15.4. The van der Waals surface area contributed by atoms with E-state index in [1.165, 1.54) is 0 Å². The minimum Gasteiger partial charge on any atom is 0 e. The van der Waals surface area contributed by atoms with E-state index >= 15 is 0 Å². The van der Waals surface area contributed by atoms with Gasteiger partial charge in [-0.1, -0.05) is 20.8 Å². The summed E-state index contributed by atoms with van der Waals surface area (Å²) >= 11 is -1.75. The first kappa shape index (κ1) is 28.8. The van der Waals surface area contributed by atoms with Crippen molar-refractivity contribution < 1.29 is 45.0 Å². The minimum atomic E-state index is -1.75. The van der Waals surface area contributed by atoms with E-state index in [2.05, 4.69) is 6.08 Å². The number of hydrogen-bond donors (Lipinski definition) is 3. The number of allylic oxidation sites excluding steroid dienone is 4. The minimum absolute atomic E-state index is 0.